The molecule has 0 radical (unpaired) electrons. The number of amides is 1. The van der Waals surface area contributed by atoms with E-state index in [0.717, 1.165) is 22.9 Å². The highest BCUT2D eigenvalue weighted by atomic mass is 32.2. The number of aryl methyl sites for hydroxylation is 1. The second-order valence-corrected chi connectivity index (χ2v) is 10.1. The molecule has 1 N–H and O–H groups in total. The van der Waals surface area contributed by atoms with Gasteiger partial charge in [-0.2, -0.15) is 0 Å². The van der Waals surface area contributed by atoms with Gasteiger partial charge in [-0.15, -0.1) is 10.2 Å². The molecule has 1 atom stereocenters. The zero-order valence-corrected chi connectivity index (χ0v) is 20.9. The maximum Gasteiger partial charge on any atom is 0.233 e. The molecule has 0 fully saturated rings. The van der Waals surface area contributed by atoms with Crippen molar-refractivity contribution in [3.8, 4) is 0 Å². The van der Waals surface area contributed by atoms with Crippen LogP contribution in [0, 0.1) is 12.7 Å². The molecule has 182 valence electrons. The van der Waals surface area contributed by atoms with Crippen molar-refractivity contribution >= 4 is 39.7 Å². The van der Waals surface area contributed by atoms with E-state index in [1.165, 1.54) is 23.4 Å². The smallest absolute Gasteiger partial charge is 0.233 e. The Morgan fingerprint density at radius 3 is 2.64 bits per heavy atom. The third kappa shape index (κ3) is 5.09. The van der Waals surface area contributed by atoms with Crippen LogP contribution in [0.15, 0.2) is 78.0 Å². The first-order valence-electron chi connectivity index (χ1n) is 11.8. The fourth-order valence-electron chi connectivity index (χ4n) is 4.19. The predicted octanol–water partition coefficient (Wildman–Crippen LogP) is 5.31. The number of aromatic nitrogens is 4. The number of benzene rings is 3. The number of hydrogen-bond acceptors (Lipinski definition) is 5. The number of fused-ring (bicyclic) bond motifs is 3. The summed E-state index contributed by atoms with van der Waals surface area (Å²) < 4.78 is 16.4. The summed E-state index contributed by atoms with van der Waals surface area (Å²) in [5, 5.41) is 12.7. The SMILES string of the molecule is Cc1ccc2c(c1)c1nnc(SC(C)C(=O)NCCc3ccccc3)nc1n2Cc1ccccc1F. The van der Waals surface area contributed by atoms with Crippen LogP contribution in [0.2, 0.25) is 0 Å². The summed E-state index contributed by atoms with van der Waals surface area (Å²) in [6.07, 6.45) is 0.767. The van der Waals surface area contributed by atoms with Gasteiger partial charge in [0.25, 0.3) is 0 Å². The summed E-state index contributed by atoms with van der Waals surface area (Å²) in [5.41, 5.74) is 5.02. The van der Waals surface area contributed by atoms with E-state index in [0.29, 0.717) is 35.0 Å². The highest BCUT2D eigenvalue weighted by Gasteiger charge is 2.20. The Balaban J connectivity index is 1.39. The van der Waals surface area contributed by atoms with Crippen molar-refractivity contribution in [1.29, 1.82) is 0 Å². The monoisotopic (exact) mass is 499 g/mol. The van der Waals surface area contributed by atoms with Crippen LogP contribution < -0.4 is 5.32 Å². The third-order valence-corrected chi connectivity index (χ3v) is 7.05. The Kier molecular flexibility index (Phi) is 6.95. The highest BCUT2D eigenvalue weighted by Crippen LogP contribution is 2.30. The quantitative estimate of drug-likeness (QED) is 0.293. The molecule has 0 aliphatic heterocycles. The number of rotatable bonds is 8. The van der Waals surface area contributed by atoms with Crippen molar-refractivity contribution in [3.05, 3.63) is 95.3 Å². The van der Waals surface area contributed by atoms with Gasteiger partial charge in [0.05, 0.1) is 17.3 Å². The van der Waals surface area contributed by atoms with Gasteiger partial charge >= 0.3 is 0 Å². The molecule has 1 unspecified atom stereocenters. The van der Waals surface area contributed by atoms with Crippen molar-refractivity contribution in [1.82, 2.24) is 25.1 Å². The second kappa shape index (κ2) is 10.5. The van der Waals surface area contributed by atoms with E-state index in [1.54, 1.807) is 12.1 Å². The molecule has 36 heavy (non-hydrogen) atoms. The Hall–Kier alpha value is -3.78. The van der Waals surface area contributed by atoms with Gasteiger partial charge in [-0.05, 0) is 44.0 Å². The lowest BCUT2D eigenvalue weighted by Crippen LogP contribution is -2.32. The first kappa shape index (κ1) is 23.9. The van der Waals surface area contributed by atoms with Crippen LogP contribution in [-0.4, -0.2) is 37.5 Å². The summed E-state index contributed by atoms with van der Waals surface area (Å²) in [6.45, 7) is 4.72. The minimum absolute atomic E-state index is 0.0813. The van der Waals surface area contributed by atoms with Gasteiger partial charge in [-0.3, -0.25) is 4.79 Å². The Morgan fingerprint density at radius 2 is 1.83 bits per heavy atom. The second-order valence-electron chi connectivity index (χ2n) is 8.75. The zero-order valence-electron chi connectivity index (χ0n) is 20.1. The van der Waals surface area contributed by atoms with E-state index >= 15 is 0 Å². The van der Waals surface area contributed by atoms with Gasteiger partial charge < -0.3 is 9.88 Å². The molecular formula is C28H26FN5OS. The van der Waals surface area contributed by atoms with E-state index in [4.69, 9.17) is 4.98 Å². The lowest BCUT2D eigenvalue weighted by Gasteiger charge is -2.11. The molecule has 0 spiro atoms. The van der Waals surface area contributed by atoms with Crippen molar-refractivity contribution in [2.75, 3.05) is 6.54 Å². The van der Waals surface area contributed by atoms with Crippen LogP contribution in [0.1, 0.15) is 23.6 Å². The largest absolute Gasteiger partial charge is 0.355 e. The maximum absolute atomic E-state index is 14.5. The third-order valence-electron chi connectivity index (χ3n) is 6.10. The van der Waals surface area contributed by atoms with E-state index in [1.807, 2.05) is 73.0 Å². The lowest BCUT2D eigenvalue weighted by atomic mass is 10.1. The molecule has 0 saturated heterocycles. The average Bonchev–Trinajstić information content (AvgIpc) is 3.17. The topological polar surface area (TPSA) is 72.7 Å². The van der Waals surface area contributed by atoms with Crippen molar-refractivity contribution in [3.63, 3.8) is 0 Å². The summed E-state index contributed by atoms with van der Waals surface area (Å²) >= 11 is 1.26. The van der Waals surface area contributed by atoms with Crippen molar-refractivity contribution in [2.45, 2.75) is 37.2 Å². The fraction of sp³-hybridized carbons (Fsp3) is 0.214. The molecule has 0 saturated carbocycles. The standard InChI is InChI=1S/C28H26FN5OS/c1-18-12-13-24-22(16-18)25-26(34(24)17-21-10-6-7-11-23(21)29)31-28(33-32-25)36-19(2)27(35)30-15-14-20-8-4-3-5-9-20/h3-13,16,19H,14-15,17H2,1-2H3,(H,30,35). The lowest BCUT2D eigenvalue weighted by molar-refractivity contribution is -0.120. The number of carbonyl (C=O) groups excluding carboxylic acids is 1. The van der Waals surface area contributed by atoms with Crippen LogP contribution in [0.4, 0.5) is 4.39 Å². The van der Waals surface area contributed by atoms with E-state index in [-0.39, 0.29) is 11.7 Å². The first-order chi connectivity index (χ1) is 17.5. The molecule has 3 aromatic carbocycles. The van der Waals surface area contributed by atoms with Crippen LogP contribution in [0.25, 0.3) is 22.1 Å². The number of hydrogen-bond donors (Lipinski definition) is 1. The number of nitrogens with zero attached hydrogens (tertiary/aromatic N) is 4. The van der Waals surface area contributed by atoms with Crippen molar-refractivity contribution < 1.29 is 9.18 Å². The van der Waals surface area contributed by atoms with Gasteiger partial charge in [-0.1, -0.05) is 71.9 Å². The summed E-state index contributed by atoms with van der Waals surface area (Å²) in [6, 6.07) is 22.8. The minimum atomic E-state index is -0.397. The van der Waals surface area contributed by atoms with Crippen LogP contribution in [-0.2, 0) is 17.8 Å². The van der Waals surface area contributed by atoms with Gasteiger partial charge in [-0.25, -0.2) is 9.37 Å². The van der Waals surface area contributed by atoms with Crippen LogP contribution in [0.3, 0.4) is 0 Å². The van der Waals surface area contributed by atoms with Gasteiger partial charge in [0.15, 0.2) is 5.65 Å². The molecule has 2 heterocycles. The molecular weight excluding hydrogens is 473 g/mol. The Bertz CT molecular complexity index is 1540. The molecule has 0 aliphatic carbocycles. The zero-order chi connectivity index (χ0) is 25.1. The number of carbonyl (C=O) groups is 1. The van der Waals surface area contributed by atoms with Crippen molar-refractivity contribution in [2.24, 2.45) is 0 Å². The molecule has 0 bridgehead atoms. The number of halogens is 1. The van der Waals surface area contributed by atoms with E-state index in [9.17, 15) is 9.18 Å². The maximum atomic E-state index is 14.5. The Labute approximate surface area is 213 Å². The fourth-order valence-corrected chi connectivity index (χ4v) is 4.93. The molecule has 5 aromatic rings. The molecule has 6 nitrogen and oxygen atoms in total. The molecule has 0 aliphatic rings. The first-order valence-corrected chi connectivity index (χ1v) is 12.7. The highest BCUT2D eigenvalue weighted by molar-refractivity contribution is 8.00. The van der Waals surface area contributed by atoms with Gasteiger partial charge in [0, 0.05) is 17.5 Å². The van der Waals surface area contributed by atoms with Crippen LogP contribution in [0.5, 0.6) is 0 Å². The average molecular weight is 500 g/mol. The summed E-state index contributed by atoms with van der Waals surface area (Å²) in [7, 11) is 0. The number of nitrogens with one attached hydrogen (secondary N) is 1. The summed E-state index contributed by atoms with van der Waals surface area (Å²) in [4.78, 5) is 17.4. The van der Waals surface area contributed by atoms with Gasteiger partial charge in [0.1, 0.15) is 11.3 Å². The minimum Gasteiger partial charge on any atom is -0.355 e. The van der Waals surface area contributed by atoms with Gasteiger partial charge in [0.2, 0.25) is 11.1 Å². The van der Waals surface area contributed by atoms with Crippen LogP contribution >= 0.6 is 11.8 Å². The molecule has 8 heteroatoms. The van der Waals surface area contributed by atoms with E-state index < -0.39 is 5.25 Å². The normalized spacial score (nSPS) is 12.2. The summed E-state index contributed by atoms with van der Waals surface area (Å²) in [5.74, 6) is -0.348. The molecule has 2 aromatic heterocycles. The molecule has 1 amide bonds. The predicted molar refractivity (Wildman–Crippen MR) is 142 cm³/mol. The Morgan fingerprint density at radius 1 is 1.06 bits per heavy atom. The molecule has 5 rings (SSSR count). The van der Waals surface area contributed by atoms with E-state index in [2.05, 4.69) is 15.5 Å². The number of thioether (sulfide) groups is 1.